The van der Waals surface area contributed by atoms with Gasteiger partial charge in [0.1, 0.15) is 5.69 Å². The number of halogens is 1. The number of hydrogen-bond donors (Lipinski definition) is 3. The number of benzene rings is 3. The van der Waals surface area contributed by atoms with Crippen LogP contribution < -0.4 is 21.7 Å². The summed E-state index contributed by atoms with van der Waals surface area (Å²) in [5.41, 5.74) is 10.1. The molecule has 170 valence electrons. The molecule has 0 aliphatic heterocycles. The molecule has 0 fully saturated rings. The molecule has 0 aliphatic rings. The Labute approximate surface area is 197 Å². The number of amides is 1. The van der Waals surface area contributed by atoms with Crippen molar-refractivity contribution in [1.82, 2.24) is 10.3 Å². The summed E-state index contributed by atoms with van der Waals surface area (Å²) in [6.07, 6.45) is 0. The lowest BCUT2D eigenvalue weighted by Gasteiger charge is -2.19. The first kappa shape index (κ1) is 23.1. The first-order valence-electron chi connectivity index (χ1n) is 10.4. The Hall–Kier alpha value is -3.05. The number of carbonyl (C=O) groups excluding carboxylic acids is 1. The topological polar surface area (TPSA) is 97.2 Å². The van der Waals surface area contributed by atoms with Gasteiger partial charge in [0, 0.05) is 40.6 Å². The summed E-state index contributed by atoms with van der Waals surface area (Å²) in [6.45, 7) is 4.09. The van der Waals surface area contributed by atoms with Crippen molar-refractivity contribution in [1.29, 1.82) is 0 Å². The number of anilines is 1. The molecule has 4 N–H and O–H groups in total. The third kappa shape index (κ3) is 4.42. The van der Waals surface area contributed by atoms with E-state index in [0.29, 0.717) is 32.2 Å². The van der Waals surface area contributed by atoms with Gasteiger partial charge in [-0.1, -0.05) is 47.0 Å². The van der Waals surface area contributed by atoms with E-state index < -0.39 is 13.3 Å². The molecule has 1 atom stereocenters. The van der Waals surface area contributed by atoms with E-state index in [9.17, 15) is 9.36 Å². The SMILES string of the molecule is COP(=O)(c1cc(C)cc(C)c1)c1c(C(=O)NCc2ccccc2N)[nH]c2ccc(Cl)cc12. The van der Waals surface area contributed by atoms with Crippen molar-refractivity contribution >= 4 is 52.1 Å². The lowest BCUT2D eigenvalue weighted by molar-refractivity contribution is 0.0947. The van der Waals surface area contributed by atoms with E-state index in [0.717, 1.165) is 16.7 Å². The van der Waals surface area contributed by atoms with Crippen molar-refractivity contribution < 1.29 is 13.9 Å². The second kappa shape index (κ2) is 9.06. The number of aromatic nitrogens is 1. The van der Waals surface area contributed by atoms with Gasteiger partial charge in [0.15, 0.2) is 0 Å². The summed E-state index contributed by atoms with van der Waals surface area (Å²) in [7, 11) is -2.25. The summed E-state index contributed by atoms with van der Waals surface area (Å²) in [6, 6.07) is 18.1. The molecule has 3 aromatic carbocycles. The fourth-order valence-electron chi connectivity index (χ4n) is 4.03. The molecule has 1 heterocycles. The van der Waals surface area contributed by atoms with Crippen LogP contribution in [0.1, 0.15) is 27.2 Å². The standard InChI is InChI=1S/C25H25ClN3O3P/c1-15-10-16(2)12-19(11-15)33(31,32-3)24-20-13-18(26)8-9-22(20)29-23(24)25(30)28-14-17-6-4-5-7-21(17)27/h4-13,29H,14,27H2,1-3H3,(H,28,30). The average molecular weight is 482 g/mol. The normalized spacial score (nSPS) is 13.1. The zero-order chi connectivity index (χ0) is 23.8. The van der Waals surface area contributed by atoms with E-state index in [4.69, 9.17) is 21.9 Å². The second-order valence-electron chi connectivity index (χ2n) is 8.00. The molecule has 0 bridgehead atoms. The van der Waals surface area contributed by atoms with Crippen LogP contribution in [-0.2, 0) is 15.6 Å². The predicted molar refractivity (Wildman–Crippen MR) is 135 cm³/mol. The highest BCUT2D eigenvalue weighted by molar-refractivity contribution is 7.75. The first-order valence-corrected chi connectivity index (χ1v) is 12.4. The lowest BCUT2D eigenvalue weighted by Crippen LogP contribution is -2.30. The van der Waals surface area contributed by atoms with Gasteiger partial charge in [-0.05, 0) is 55.8 Å². The van der Waals surface area contributed by atoms with Gasteiger partial charge < -0.3 is 20.6 Å². The van der Waals surface area contributed by atoms with Crippen LogP contribution in [0.2, 0.25) is 5.02 Å². The van der Waals surface area contributed by atoms with Crippen molar-refractivity contribution in [3.63, 3.8) is 0 Å². The number of nitrogen functional groups attached to an aromatic ring is 1. The zero-order valence-corrected chi connectivity index (χ0v) is 20.3. The van der Waals surface area contributed by atoms with Crippen molar-refractivity contribution in [2.24, 2.45) is 0 Å². The summed E-state index contributed by atoms with van der Waals surface area (Å²) in [5, 5.41) is 4.75. The van der Waals surface area contributed by atoms with Gasteiger partial charge in [-0.15, -0.1) is 0 Å². The molecule has 6 nitrogen and oxygen atoms in total. The number of rotatable bonds is 6. The summed E-state index contributed by atoms with van der Waals surface area (Å²) in [4.78, 5) is 16.5. The number of nitrogens with one attached hydrogen (secondary N) is 2. The van der Waals surface area contributed by atoms with Crippen LogP contribution in [0.4, 0.5) is 5.69 Å². The monoisotopic (exact) mass is 481 g/mol. The predicted octanol–water partition coefficient (Wildman–Crippen LogP) is 4.83. The number of aryl methyl sites for hydroxylation is 2. The van der Waals surface area contributed by atoms with Gasteiger partial charge in [-0.2, -0.15) is 0 Å². The Morgan fingerprint density at radius 2 is 1.79 bits per heavy atom. The van der Waals surface area contributed by atoms with E-state index in [1.54, 1.807) is 24.3 Å². The minimum atomic E-state index is -3.65. The fourth-order valence-corrected chi connectivity index (χ4v) is 6.55. The summed E-state index contributed by atoms with van der Waals surface area (Å²) < 4.78 is 20.1. The van der Waals surface area contributed by atoms with Crippen LogP contribution in [0.3, 0.4) is 0 Å². The van der Waals surface area contributed by atoms with Crippen LogP contribution >= 0.6 is 19.0 Å². The molecule has 1 aromatic heterocycles. The lowest BCUT2D eigenvalue weighted by atomic mass is 10.2. The molecular formula is C25H25ClN3O3P. The number of aromatic amines is 1. The van der Waals surface area contributed by atoms with Crippen LogP contribution in [0.5, 0.6) is 0 Å². The van der Waals surface area contributed by atoms with Crippen molar-refractivity contribution in [3.8, 4) is 0 Å². The summed E-state index contributed by atoms with van der Waals surface area (Å²) >= 11 is 6.27. The van der Waals surface area contributed by atoms with Crippen molar-refractivity contribution in [2.45, 2.75) is 20.4 Å². The largest absolute Gasteiger partial charge is 0.398 e. The average Bonchev–Trinajstić information content (AvgIpc) is 3.16. The first-order chi connectivity index (χ1) is 15.7. The Balaban J connectivity index is 1.86. The highest BCUT2D eigenvalue weighted by Gasteiger charge is 2.36. The van der Waals surface area contributed by atoms with Crippen LogP contribution in [0, 0.1) is 13.8 Å². The van der Waals surface area contributed by atoms with E-state index >= 15 is 0 Å². The highest BCUT2D eigenvalue weighted by atomic mass is 35.5. The Morgan fingerprint density at radius 1 is 1.09 bits per heavy atom. The van der Waals surface area contributed by atoms with E-state index in [1.165, 1.54) is 7.11 Å². The second-order valence-corrected chi connectivity index (χ2v) is 10.9. The van der Waals surface area contributed by atoms with Gasteiger partial charge in [0.25, 0.3) is 13.3 Å². The van der Waals surface area contributed by atoms with E-state index in [-0.39, 0.29) is 12.2 Å². The maximum atomic E-state index is 14.4. The molecule has 0 saturated carbocycles. The smallest absolute Gasteiger partial charge is 0.268 e. The van der Waals surface area contributed by atoms with Crippen LogP contribution in [0.15, 0.2) is 60.7 Å². The van der Waals surface area contributed by atoms with E-state index in [1.807, 2.05) is 50.2 Å². The number of hydrogen-bond acceptors (Lipinski definition) is 4. The number of carbonyl (C=O) groups is 1. The number of nitrogens with two attached hydrogens (primary N) is 1. The number of para-hydroxylation sites is 1. The Bertz CT molecular complexity index is 1390. The van der Waals surface area contributed by atoms with Gasteiger partial charge >= 0.3 is 0 Å². The van der Waals surface area contributed by atoms with Gasteiger partial charge in [0.2, 0.25) is 0 Å². The molecule has 1 unspecified atom stereocenters. The highest BCUT2D eigenvalue weighted by Crippen LogP contribution is 2.47. The third-order valence-corrected chi connectivity index (χ3v) is 8.29. The molecule has 4 aromatic rings. The third-order valence-electron chi connectivity index (χ3n) is 5.55. The molecule has 0 spiro atoms. The van der Waals surface area contributed by atoms with Crippen molar-refractivity contribution in [2.75, 3.05) is 12.8 Å². The van der Waals surface area contributed by atoms with Crippen LogP contribution in [0.25, 0.3) is 10.9 Å². The molecule has 33 heavy (non-hydrogen) atoms. The van der Waals surface area contributed by atoms with Gasteiger partial charge in [0.05, 0.1) is 5.30 Å². The molecular weight excluding hydrogens is 457 g/mol. The van der Waals surface area contributed by atoms with Crippen molar-refractivity contribution in [3.05, 3.63) is 88.1 Å². The molecule has 0 radical (unpaired) electrons. The van der Waals surface area contributed by atoms with E-state index in [2.05, 4.69) is 10.3 Å². The summed E-state index contributed by atoms with van der Waals surface area (Å²) in [5.74, 6) is -0.415. The fraction of sp³-hybridized carbons (Fsp3) is 0.160. The van der Waals surface area contributed by atoms with Crippen LogP contribution in [-0.4, -0.2) is 18.0 Å². The molecule has 4 rings (SSSR count). The van der Waals surface area contributed by atoms with Gasteiger partial charge in [-0.3, -0.25) is 9.36 Å². The minimum Gasteiger partial charge on any atom is -0.398 e. The number of fused-ring (bicyclic) bond motifs is 1. The molecule has 8 heteroatoms. The Morgan fingerprint density at radius 3 is 2.45 bits per heavy atom. The zero-order valence-electron chi connectivity index (χ0n) is 18.6. The van der Waals surface area contributed by atoms with Gasteiger partial charge in [-0.25, -0.2) is 0 Å². The maximum Gasteiger partial charge on any atom is 0.268 e. The molecule has 0 saturated heterocycles. The minimum absolute atomic E-state index is 0.172. The Kier molecular flexibility index (Phi) is 6.35. The molecule has 0 aliphatic carbocycles. The molecule has 1 amide bonds. The maximum absolute atomic E-state index is 14.4. The number of H-pyrrole nitrogens is 1. The quantitative estimate of drug-likeness (QED) is 0.271.